The van der Waals surface area contributed by atoms with Gasteiger partial charge in [0.05, 0.1) is 19.0 Å². The van der Waals surface area contributed by atoms with Gasteiger partial charge in [-0.15, -0.1) is 0 Å². The van der Waals surface area contributed by atoms with Crippen molar-refractivity contribution in [3.8, 4) is 5.75 Å². The largest absolute Gasteiger partial charge is 0.497 e. The number of benzene rings is 1. The van der Waals surface area contributed by atoms with Crippen molar-refractivity contribution in [2.24, 2.45) is 5.73 Å². The molecule has 1 unspecified atom stereocenters. The van der Waals surface area contributed by atoms with Gasteiger partial charge in [0.1, 0.15) is 5.75 Å². The zero-order valence-electron chi connectivity index (χ0n) is 13.3. The summed E-state index contributed by atoms with van der Waals surface area (Å²) in [7, 11) is 1.53. The molecule has 1 fully saturated rings. The van der Waals surface area contributed by atoms with Crippen LogP contribution < -0.4 is 10.5 Å². The van der Waals surface area contributed by atoms with Crippen molar-refractivity contribution in [2.45, 2.75) is 18.4 Å². The van der Waals surface area contributed by atoms with Crippen LogP contribution in [0.5, 0.6) is 5.75 Å². The number of nitrogens with two attached hydrogens (primary N) is 1. The Morgan fingerprint density at radius 1 is 1.33 bits per heavy atom. The molecule has 7 nitrogen and oxygen atoms in total. The lowest BCUT2D eigenvalue weighted by molar-refractivity contribution is -0.128. The van der Waals surface area contributed by atoms with Crippen molar-refractivity contribution >= 4 is 11.8 Å². The van der Waals surface area contributed by atoms with Crippen molar-refractivity contribution in [1.29, 1.82) is 0 Å². The molecule has 2 amide bonds. The summed E-state index contributed by atoms with van der Waals surface area (Å²) in [6.45, 7) is 0.426. The van der Waals surface area contributed by atoms with Crippen LogP contribution in [0.4, 0.5) is 0 Å². The number of carbonyl (C=O) groups is 2. The maximum Gasteiger partial charge on any atom is 0.255 e. The molecule has 2 aromatic rings. The molecule has 2 N–H and O–H groups in total. The molecular formula is C17H18N4O3. The first-order valence-corrected chi connectivity index (χ1v) is 7.62. The highest BCUT2D eigenvalue weighted by atomic mass is 16.5. The molecule has 1 aliphatic rings. The normalized spacial score (nSPS) is 20.0. The Kier molecular flexibility index (Phi) is 4.16. The molecule has 1 aromatic carbocycles. The van der Waals surface area contributed by atoms with E-state index in [2.05, 4.69) is 9.97 Å². The lowest BCUT2D eigenvalue weighted by atomic mass is 9.90. The molecule has 1 saturated heterocycles. The fraction of sp³-hybridized carbons (Fsp3) is 0.294. The van der Waals surface area contributed by atoms with Crippen LogP contribution in [0.15, 0.2) is 42.9 Å². The third-order valence-corrected chi connectivity index (χ3v) is 4.34. The summed E-state index contributed by atoms with van der Waals surface area (Å²) < 4.78 is 5.17. The molecule has 0 radical (unpaired) electrons. The van der Waals surface area contributed by atoms with Crippen molar-refractivity contribution < 1.29 is 14.3 Å². The second kappa shape index (κ2) is 6.27. The second-order valence-corrected chi connectivity index (χ2v) is 5.61. The SMILES string of the molecule is COc1cccc(C(=O)N2CCCC2(C(N)=O)c2cnccn2)c1. The van der Waals surface area contributed by atoms with Crippen molar-refractivity contribution in [1.82, 2.24) is 14.9 Å². The number of primary amides is 1. The van der Waals surface area contributed by atoms with Crippen LogP contribution in [-0.4, -0.2) is 40.3 Å². The number of ether oxygens (including phenoxy) is 1. The summed E-state index contributed by atoms with van der Waals surface area (Å²) in [6, 6.07) is 6.82. The molecule has 0 bridgehead atoms. The first-order chi connectivity index (χ1) is 11.6. The predicted molar refractivity (Wildman–Crippen MR) is 86.2 cm³/mol. The van der Waals surface area contributed by atoms with Crippen molar-refractivity contribution in [3.05, 3.63) is 54.1 Å². The van der Waals surface area contributed by atoms with Gasteiger partial charge < -0.3 is 15.4 Å². The average Bonchev–Trinajstić information content (AvgIpc) is 3.08. The molecule has 1 aromatic heterocycles. The van der Waals surface area contributed by atoms with E-state index in [1.54, 1.807) is 24.3 Å². The highest BCUT2D eigenvalue weighted by Crippen LogP contribution is 2.38. The van der Waals surface area contributed by atoms with Gasteiger partial charge in [-0.2, -0.15) is 0 Å². The Morgan fingerprint density at radius 3 is 2.83 bits per heavy atom. The zero-order chi connectivity index (χ0) is 17.2. The van der Waals surface area contributed by atoms with Gasteiger partial charge >= 0.3 is 0 Å². The number of hydrogen-bond acceptors (Lipinski definition) is 5. The van der Waals surface area contributed by atoms with Gasteiger partial charge in [0.15, 0.2) is 5.54 Å². The highest BCUT2D eigenvalue weighted by molar-refractivity contribution is 5.99. The minimum absolute atomic E-state index is 0.282. The summed E-state index contributed by atoms with van der Waals surface area (Å²) in [6.07, 6.45) is 5.59. The predicted octanol–water partition coefficient (Wildman–Crippen LogP) is 1.10. The first kappa shape index (κ1) is 15.9. The standard InChI is InChI=1S/C17H18N4O3/c1-24-13-5-2-4-12(10-13)15(22)21-9-3-6-17(21,16(18)23)14-11-19-7-8-20-14/h2,4-5,7-8,10-11H,3,6,9H2,1H3,(H2,18,23). The van der Waals surface area contributed by atoms with E-state index in [0.29, 0.717) is 36.4 Å². The van der Waals surface area contributed by atoms with Gasteiger partial charge in [-0.1, -0.05) is 6.07 Å². The fourth-order valence-corrected chi connectivity index (χ4v) is 3.17. The molecular weight excluding hydrogens is 308 g/mol. The molecule has 3 rings (SSSR count). The van der Waals surface area contributed by atoms with E-state index in [1.165, 1.54) is 30.6 Å². The maximum absolute atomic E-state index is 13.0. The zero-order valence-corrected chi connectivity index (χ0v) is 13.3. The van der Waals surface area contributed by atoms with E-state index >= 15 is 0 Å². The number of hydrogen-bond donors (Lipinski definition) is 1. The van der Waals surface area contributed by atoms with Gasteiger partial charge in [0, 0.05) is 24.5 Å². The molecule has 1 atom stereocenters. The molecule has 1 aliphatic heterocycles. The minimum Gasteiger partial charge on any atom is -0.497 e. The lowest BCUT2D eigenvalue weighted by Crippen LogP contribution is -2.54. The number of rotatable bonds is 4. The van der Waals surface area contributed by atoms with Gasteiger partial charge in [0.25, 0.3) is 5.91 Å². The third-order valence-electron chi connectivity index (χ3n) is 4.34. The Balaban J connectivity index is 2.05. The van der Waals surface area contributed by atoms with E-state index in [4.69, 9.17) is 10.5 Å². The molecule has 0 spiro atoms. The Labute approximate surface area is 139 Å². The van der Waals surface area contributed by atoms with Crippen LogP contribution in [0.3, 0.4) is 0 Å². The Bertz CT molecular complexity index is 765. The maximum atomic E-state index is 13.0. The lowest BCUT2D eigenvalue weighted by Gasteiger charge is -2.35. The Morgan fingerprint density at radius 2 is 2.17 bits per heavy atom. The molecule has 24 heavy (non-hydrogen) atoms. The minimum atomic E-state index is -1.27. The summed E-state index contributed by atoms with van der Waals surface area (Å²) >= 11 is 0. The topological polar surface area (TPSA) is 98.4 Å². The van der Waals surface area contributed by atoms with E-state index in [0.717, 1.165) is 0 Å². The smallest absolute Gasteiger partial charge is 0.255 e. The number of aromatic nitrogens is 2. The summed E-state index contributed by atoms with van der Waals surface area (Å²) in [5.74, 6) is -0.308. The van der Waals surface area contributed by atoms with Gasteiger partial charge in [-0.3, -0.25) is 19.6 Å². The number of methoxy groups -OCH3 is 1. The number of amides is 2. The van der Waals surface area contributed by atoms with Gasteiger partial charge in [-0.05, 0) is 31.0 Å². The van der Waals surface area contributed by atoms with Crippen molar-refractivity contribution in [2.75, 3.05) is 13.7 Å². The monoisotopic (exact) mass is 326 g/mol. The van der Waals surface area contributed by atoms with Gasteiger partial charge in [0.2, 0.25) is 5.91 Å². The van der Waals surface area contributed by atoms with Crippen LogP contribution in [0.2, 0.25) is 0 Å². The highest BCUT2D eigenvalue weighted by Gasteiger charge is 2.51. The fourth-order valence-electron chi connectivity index (χ4n) is 3.17. The van der Waals surface area contributed by atoms with E-state index < -0.39 is 11.4 Å². The molecule has 0 aliphatic carbocycles. The summed E-state index contributed by atoms with van der Waals surface area (Å²) in [5.41, 5.74) is 5.26. The number of carbonyl (C=O) groups excluding carboxylic acids is 2. The average molecular weight is 326 g/mol. The van der Waals surface area contributed by atoms with Crippen LogP contribution in [0.1, 0.15) is 28.9 Å². The van der Waals surface area contributed by atoms with Crippen LogP contribution in [0.25, 0.3) is 0 Å². The van der Waals surface area contributed by atoms with E-state index in [1.807, 2.05) is 0 Å². The van der Waals surface area contributed by atoms with E-state index in [-0.39, 0.29) is 5.91 Å². The quantitative estimate of drug-likeness (QED) is 0.907. The molecule has 7 heteroatoms. The number of likely N-dealkylation sites (tertiary alicyclic amines) is 1. The second-order valence-electron chi connectivity index (χ2n) is 5.61. The summed E-state index contributed by atoms with van der Waals surface area (Å²) in [4.78, 5) is 35.1. The molecule has 0 saturated carbocycles. The van der Waals surface area contributed by atoms with Crippen LogP contribution in [0, 0.1) is 0 Å². The molecule has 2 heterocycles. The first-order valence-electron chi connectivity index (χ1n) is 7.62. The van der Waals surface area contributed by atoms with Crippen LogP contribution >= 0.6 is 0 Å². The summed E-state index contributed by atoms with van der Waals surface area (Å²) in [5, 5.41) is 0. The van der Waals surface area contributed by atoms with Gasteiger partial charge in [-0.25, -0.2) is 0 Å². The Hall–Kier alpha value is -2.96. The van der Waals surface area contributed by atoms with Crippen LogP contribution in [-0.2, 0) is 10.3 Å². The van der Waals surface area contributed by atoms with Crippen molar-refractivity contribution in [3.63, 3.8) is 0 Å². The number of nitrogens with zero attached hydrogens (tertiary/aromatic N) is 3. The van der Waals surface area contributed by atoms with E-state index in [9.17, 15) is 9.59 Å². The molecule has 124 valence electrons. The third kappa shape index (κ3) is 2.47.